The van der Waals surface area contributed by atoms with Crippen molar-refractivity contribution in [2.24, 2.45) is 5.92 Å². The number of imidazole rings is 1. The smallest absolute Gasteiger partial charge is 0.321 e. The van der Waals surface area contributed by atoms with E-state index in [0.29, 0.717) is 18.2 Å². The van der Waals surface area contributed by atoms with Gasteiger partial charge in [0.15, 0.2) is 5.92 Å². The maximum absolute atomic E-state index is 13.7. The number of nitrogens with zero attached hydrogens (tertiary/aromatic N) is 3. The van der Waals surface area contributed by atoms with Gasteiger partial charge in [0.25, 0.3) is 0 Å². The van der Waals surface area contributed by atoms with E-state index in [1.807, 2.05) is 53.1 Å². The molecule has 7 nitrogen and oxygen atoms in total. The maximum atomic E-state index is 13.7. The Balaban J connectivity index is 2.01. The minimum Gasteiger partial charge on any atom is -0.496 e. The topological polar surface area (TPSA) is 73.7 Å². The zero-order valence-corrected chi connectivity index (χ0v) is 18.1. The van der Waals surface area contributed by atoms with E-state index in [4.69, 9.17) is 14.5 Å². The van der Waals surface area contributed by atoms with Crippen LogP contribution in [0.2, 0.25) is 0 Å². The molecule has 0 saturated carbocycles. The van der Waals surface area contributed by atoms with Crippen molar-refractivity contribution in [1.29, 1.82) is 0 Å². The van der Waals surface area contributed by atoms with Gasteiger partial charge in [-0.2, -0.15) is 0 Å². The largest absolute Gasteiger partial charge is 0.496 e. The van der Waals surface area contributed by atoms with Crippen LogP contribution in [0, 0.1) is 5.92 Å². The minimum absolute atomic E-state index is 0.202. The first kappa shape index (κ1) is 20.9. The Bertz CT molecular complexity index is 1110. The van der Waals surface area contributed by atoms with Gasteiger partial charge in [0, 0.05) is 12.1 Å². The molecule has 4 rings (SSSR count). The summed E-state index contributed by atoms with van der Waals surface area (Å²) in [5.74, 6) is -0.686. The molecule has 0 aliphatic carbocycles. The molecule has 0 spiro atoms. The Morgan fingerprint density at radius 2 is 1.84 bits per heavy atom. The highest BCUT2D eigenvalue weighted by Crippen LogP contribution is 2.43. The maximum Gasteiger partial charge on any atom is 0.321 e. The number of anilines is 1. The van der Waals surface area contributed by atoms with Gasteiger partial charge >= 0.3 is 5.97 Å². The summed E-state index contributed by atoms with van der Waals surface area (Å²) in [6.45, 7) is 4.51. The Hall–Kier alpha value is -3.35. The van der Waals surface area contributed by atoms with Gasteiger partial charge in [-0.3, -0.25) is 14.5 Å². The molecule has 2 unspecified atom stereocenters. The van der Waals surface area contributed by atoms with Crippen molar-refractivity contribution in [2.45, 2.75) is 32.7 Å². The van der Waals surface area contributed by atoms with E-state index in [-0.39, 0.29) is 12.5 Å². The molecule has 0 saturated heterocycles. The van der Waals surface area contributed by atoms with E-state index in [0.717, 1.165) is 29.4 Å². The number of para-hydroxylation sites is 3. The fourth-order valence-electron chi connectivity index (χ4n) is 4.26. The number of benzene rings is 2. The van der Waals surface area contributed by atoms with Gasteiger partial charge in [-0.1, -0.05) is 43.7 Å². The van der Waals surface area contributed by atoms with Crippen LogP contribution in [0.4, 0.5) is 5.95 Å². The van der Waals surface area contributed by atoms with Crippen molar-refractivity contribution in [3.63, 3.8) is 0 Å². The molecule has 0 fully saturated rings. The summed E-state index contributed by atoms with van der Waals surface area (Å²) >= 11 is 0. The van der Waals surface area contributed by atoms with Crippen molar-refractivity contribution in [3.05, 3.63) is 54.1 Å². The Kier molecular flexibility index (Phi) is 5.93. The number of aromatic nitrogens is 2. The molecule has 1 aliphatic rings. The van der Waals surface area contributed by atoms with Gasteiger partial charge in [-0.15, -0.1) is 0 Å². The second-order valence-electron chi connectivity index (χ2n) is 7.53. The molecule has 1 aliphatic heterocycles. The number of rotatable bonds is 7. The standard InChI is InChI=1S/C24H27N3O4/c1-4-6-15-26-22(28)20(23(29)31-5-2)21(16-11-7-10-14-19(16)30-3)27-18-13-9-8-12-17(18)25-24(26)27/h7-14,20-21H,4-6,15H2,1-3H3. The van der Waals surface area contributed by atoms with Crippen LogP contribution in [-0.4, -0.2) is 41.7 Å². The van der Waals surface area contributed by atoms with Crippen molar-refractivity contribution in [1.82, 2.24) is 9.55 Å². The van der Waals surface area contributed by atoms with Crippen LogP contribution in [0.15, 0.2) is 48.5 Å². The molecule has 1 aromatic heterocycles. The van der Waals surface area contributed by atoms with Crippen LogP contribution in [-0.2, 0) is 14.3 Å². The Morgan fingerprint density at radius 3 is 2.58 bits per heavy atom. The molecule has 2 heterocycles. The zero-order valence-electron chi connectivity index (χ0n) is 18.1. The first-order valence-electron chi connectivity index (χ1n) is 10.7. The van der Waals surface area contributed by atoms with E-state index in [9.17, 15) is 9.59 Å². The number of unbranched alkanes of at least 4 members (excludes halogenated alkanes) is 1. The number of methoxy groups -OCH3 is 1. The summed E-state index contributed by atoms with van der Waals surface area (Å²) in [7, 11) is 1.59. The van der Waals surface area contributed by atoms with Gasteiger partial charge in [-0.25, -0.2) is 4.98 Å². The first-order chi connectivity index (χ1) is 15.1. The lowest BCUT2D eigenvalue weighted by atomic mass is 9.88. The number of hydrogen-bond acceptors (Lipinski definition) is 5. The normalized spacial score (nSPS) is 18.2. The third-order valence-corrected chi connectivity index (χ3v) is 5.68. The van der Waals surface area contributed by atoms with Gasteiger partial charge in [-0.05, 0) is 31.5 Å². The fourth-order valence-corrected chi connectivity index (χ4v) is 4.26. The SMILES string of the molecule is CCCCN1C(=O)C(C(=O)OCC)C(c2ccccc2OC)n2c1nc1ccccc12. The average Bonchev–Trinajstić information content (AvgIpc) is 3.17. The summed E-state index contributed by atoms with van der Waals surface area (Å²) in [6.07, 6.45) is 1.73. The molecule has 0 N–H and O–H groups in total. The molecule has 31 heavy (non-hydrogen) atoms. The van der Waals surface area contributed by atoms with Gasteiger partial charge in [0.05, 0.1) is 30.8 Å². The van der Waals surface area contributed by atoms with Crippen molar-refractivity contribution in [3.8, 4) is 5.75 Å². The number of fused-ring (bicyclic) bond motifs is 3. The predicted molar refractivity (Wildman–Crippen MR) is 118 cm³/mol. The molecule has 0 bridgehead atoms. The van der Waals surface area contributed by atoms with Gasteiger partial charge in [0.2, 0.25) is 11.9 Å². The quantitative estimate of drug-likeness (QED) is 0.426. The molecule has 162 valence electrons. The average molecular weight is 421 g/mol. The van der Waals surface area contributed by atoms with E-state index < -0.39 is 17.9 Å². The molecule has 1 amide bonds. The monoisotopic (exact) mass is 421 g/mol. The van der Waals surface area contributed by atoms with Gasteiger partial charge in [0.1, 0.15) is 5.75 Å². The van der Waals surface area contributed by atoms with E-state index in [1.54, 1.807) is 18.9 Å². The number of carbonyl (C=O) groups excluding carboxylic acids is 2. The molecule has 2 atom stereocenters. The highest BCUT2D eigenvalue weighted by Gasteiger charge is 2.48. The molecule has 0 radical (unpaired) electrons. The van der Waals surface area contributed by atoms with Crippen molar-refractivity contribution < 1.29 is 19.1 Å². The van der Waals surface area contributed by atoms with E-state index in [2.05, 4.69) is 6.92 Å². The lowest BCUT2D eigenvalue weighted by molar-refractivity contribution is -0.153. The summed E-state index contributed by atoms with van der Waals surface area (Å²) < 4.78 is 13.0. The third-order valence-electron chi connectivity index (χ3n) is 5.68. The second-order valence-corrected chi connectivity index (χ2v) is 7.53. The molecular formula is C24H27N3O4. The van der Waals surface area contributed by atoms with Crippen LogP contribution in [0.25, 0.3) is 11.0 Å². The predicted octanol–water partition coefficient (Wildman–Crippen LogP) is 3.96. The number of carbonyl (C=O) groups is 2. The molecule has 3 aromatic rings. The summed E-state index contributed by atoms with van der Waals surface area (Å²) in [5.41, 5.74) is 2.38. The highest BCUT2D eigenvalue weighted by molar-refractivity contribution is 6.08. The van der Waals surface area contributed by atoms with Crippen molar-refractivity contribution in [2.75, 3.05) is 25.2 Å². The van der Waals surface area contributed by atoms with E-state index in [1.165, 1.54) is 0 Å². The Morgan fingerprint density at radius 1 is 1.10 bits per heavy atom. The van der Waals surface area contributed by atoms with Gasteiger partial charge < -0.3 is 14.0 Å². The lowest BCUT2D eigenvalue weighted by Gasteiger charge is -2.38. The number of ether oxygens (including phenoxy) is 2. The molecular weight excluding hydrogens is 394 g/mol. The number of hydrogen-bond donors (Lipinski definition) is 0. The fraction of sp³-hybridized carbons (Fsp3) is 0.375. The van der Waals surface area contributed by atoms with Crippen LogP contribution < -0.4 is 9.64 Å². The Labute approximate surface area is 181 Å². The summed E-state index contributed by atoms with van der Waals surface area (Å²) in [4.78, 5) is 33.3. The van der Waals surface area contributed by atoms with Crippen LogP contribution in [0.3, 0.4) is 0 Å². The number of esters is 1. The first-order valence-corrected chi connectivity index (χ1v) is 10.7. The minimum atomic E-state index is -1.03. The van der Waals surface area contributed by atoms with Crippen LogP contribution >= 0.6 is 0 Å². The van der Waals surface area contributed by atoms with Crippen molar-refractivity contribution >= 4 is 28.9 Å². The summed E-state index contributed by atoms with van der Waals surface area (Å²) in [5, 5.41) is 0. The highest BCUT2D eigenvalue weighted by atomic mass is 16.5. The van der Waals surface area contributed by atoms with Crippen LogP contribution in [0.5, 0.6) is 5.75 Å². The van der Waals surface area contributed by atoms with E-state index >= 15 is 0 Å². The molecule has 2 aromatic carbocycles. The zero-order chi connectivity index (χ0) is 22.0. The lowest BCUT2D eigenvalue weighted by Crippen LogP contribution is -2.50. The molecule has 7 heteroatoms. The number of amides is 1. The summed E-state index contributed by atoms with van der Waals surface area (Å²) in [6, 6.07) is 14.6. The third kappa shape index (κ3) is 3.54. The van der Waals surface area contributed by atoms with Crippen LogP contribution in [0.1, 0.15) is 38.3 Å². The second kappa shape index (κ2) is 8.79.